The summed E-state index contributed by atoms with van der Waals surface area (Å²) in [6.07, 6.45) is 0.944. The van der Waals surface area contributed by atoms with Crippen molar-refractivity contribution < 1.29 is 14.3 Å². The quantitative estimate of drug-likeness (QED) is 0.623. The molecule has 6 nitrogen and oxygen atoms in total. The van der Waals surface area contributed by atoms with E-state index in [-0.39, 0.29) is 11.8 Å². The highest BCUT2D eigenvalue weighted by Crippen LogP contribution is 2.26. The summed E-state index contributed by atoms with van der Waals surface area (Å²) in [6.45, 7) is 1.47. The second kappa shape index (κ2) is 9.14. The second-order valence-corrected chi connectivity index (χ2v) is 7.01. The minimum atomic E-state index is -0.112. The van der Waals surface area contributed by atoms with Crippen LogP contribution in [0.2, 0.25) is 0 Å². The molecule has 2 aromatic carbocycles. The van der Waals surface area contributed by atoms with E-state index in [1.807, 2.05) is 53.9 Å². The molecule has 3 aromatic rings. The van der Waals surface area contributed by atoms with Crippen LogP contribution in [0.15, 0.2) is 53.9 Å². The van der Waals surface area contributed by atoms with Gasteiger partial charge in [0.1, 0.15) is 5.75 Å². The van der Waals surface area contributed by atoms with Crippen LogP contribution in [-0.2, 0) is 16.0 Å². The van der Waals surface area contributed by atoms with Gasteiger partial charge in [0.15, 0.2) is 5.13 Å². The Morgan fingerprint density at radius 3 is 2.54 bits per heavy atom. The number of nitrogens with zero attached hydrogens (tertiary/aromatic N) is 1. The van der Waals surface area contributed by atoms with Crippen molar-refractivity contribution in [2.24, 2.45) is 0 Å². The van der Waals surface area contributed by atoms with Crippen LogP contribution in [-0.4, -0.2) is 23.9 Å². The van der Waals surface area contributed by atoms with Gasteiger partial charge in [-0.25, -0.2) is 4.98 Å². The largest absolute Gasteiger partial charge is 0.496 e. The molecule has 0 unspecified atom stereocenters. The molecule has 28 heavy (non-hydrogen) atoms. The molecule has 2 N–H and O–H groups in total. The molecule has 0 aliphatic heterocycles. The minimum Gasteiger partial charge on any atom is -0.496 e. The Morgan fingerprint density at radius 1 is 1.07 bits per heavy atom. The van der Waals surface area contributed by atoms with E-state index in [2.05, 4.69) is 15.6 Å². The molecule has 0 saturated heterocycles. The number of aryl methyl sites for hydroxylation is 1. The summed E-state index contributed by atoms with van der Waals surface area (Å²) >= 11 is 1.38. The molecule has 0 fully saturated rings. The van der Waals surface area contributed by atoms with Gasteiger partial charge >= 0.3 is 0 Å². The fraction of sp³-hybridized carbons (Fsp3) is 0.190. The lowest BCUT2D eigenvalue weighted by Gasteiger charge is -2.07. The van der Waals surface area contributed by atoms with Gasteiger partial charge in [0, 0.05) is 30.0 Å². The van der Waals surface area contributed by atoms with Crippen molar-refractivity contribution in [3.05, 3.63) is 59.5 Å². The maximum absolute atomic E-state index is 12.3. The highest BCUT2D eigenvalue weighted by molar-refractivity contribution is 7.14. The normalized spacial score (nSPS) is 10.4. The Labute approximate surface area is 167 Å². The van der Waals surface area contributed by atoms with Gasteiger partial charge in [-0.2, -0.15) is 0 Å². The van der Waals surface area contributed by atoms with E-state index in [0.29, 0.717) is 18.0 Å². The third kappa shape index (κ3) is 5.17. The number of benzene rings is 2. The highest BCUT2D eigenvalue weighted by Gasteiger charge is 2.10. The summed E-state index contributed by atoms with van der Waals surface area (Å²) in [5.41, 5.74) is 3.43. The van der Waals surface area contributed by atoms with Crippen molar-refractivity contribution in [1.82, 2.24) is 4.98 Å². The van der Waals surface area contributed by atoms with Crippen LogP contribution in [0.1, 0.15) is 18.9 Å². The van der Waals surface area contributed by atoms with E-state index in [4.69, 9.17) is 4.74 Å². The first-order chi connectivity index (χ1) is 13.5. The fourth-order valence-corrected chi connectivity index (χ4v) is 3.47. The Hall–Kier alpha value is -3.19. The van der Waals surface area contributed by atoms with E-state index in [1.54, 1.807) is 7.11 Å². The fourth-order valence-electron chi connectivity index (χ4n) is 2.73. The molecule has 0 saturated carbocycles. The van der Waals surface area contributed by atoms with Gasteiger partial charge in [0.05, 0.1) is 12.8 Å². The van der Waals surface area contributed by atoms with E-state index in [0.717, 1.165) is 28.3 Å². The number of anilines is 2. The molecule has 1 aromatic heterocycles. The summed E-state index contributed by atoms with van der Waals surface area (Å²) in [4.78, 5) is 27.8. The molecule has 0 aliphatic carbocycles. The number of aromatic nitrogens is 1. The van der Waals surface area contributed by atoms with E-state index < -0.39 is 0 Å². The van der Waals surface area contributed by atoms with E-state index >= 15 is 0 Å². The van der Waals surface area contributed by atoms with Crippen molar-refractivity contribution in [2.75, 3.05) is 17.7 Å². The maximum atomic E-state index is 12.3. The Kier molecular flexibility index (Phi) is 6.39. The number of hydrogen-bond acceptors (Lipinski definition) is 5. The summed E-state index contributed by atoms with van der Waals surface area (Å²) < 4.78 is 5.31. The third-order valence-electron chi connectivity index (χ3n) is 4.07. The number of methoxy groups -OCH3 is 1. The number of thiazole rings is 1. The monoisotopic (exact) mass is 395 g/mol. The van der Waals surface area contributed by atoms with Crippen molar-refractivity contribution in [3.8, 4) is 17.0 Å². The summed E-state index contributed by atoms with van der Waals surface area (Å²) in [5, 5.41) is 8.03. The zero-order chi connectivity index (χ0) is 19.9. The van der Waals surface area contributed by atoms with Crippen molar-refractivity contribution in [2.45, 2.75) is 19.8 Å². The molecule has 144 valence electrons. The highest BCUT2D eigenvalue weighted by atomic mass is 32.1. The number of carbonyl (C=O) groups excluding carboxylic acids is 2. The smallest absolute Gasteiger partial charge is 0.226 e. The zero-order valence-corrected chi connectivity index (χ0v) is 16.5. The zero-order valence-electron chi connectivity index (χ0n) is 15.7. The van der Waals surface area contributed by atoms with Gasteiger partial charge in [-0.15, -0.1) is 11.3 Å². The third-order valence-corrected chi connectivity index (χ3v) is 4.82. The number of rotatable bonds is 7. The summed E-state index contributed by atoms with van der Waals surface area (Å²) in [6, 6.07) is 15.1. The van der Waals surface area contributed by atoms with Gasteiger partial charge in [-0.1, -0.05) is 30.3 Å². The van der Waals surface area contributed by atoms with Gasteiger partial charge in [0.2, 0.25) is 11.8 Å². The van der Waals surface area contributed by atoms with Crippen LogP contribution in [0.5, 0.6) is 5.75 Å². The first-order valence-corrected chi connectivity index (χ1v) is 9.68. The maximum Gasteiger partial charge on any atom is 0.226 e. The average molecular weight is 395 g/mol. The van der Waals surface area contributed by atoms with Gasteiger partial charge in [0.25, 0.3) is 0 Å². The lowest BCUT2D eigenvalue weighted by atomic mass is 10.1. The van der Waals surface area contributed by atoms with E-state index in [9.17, 15) is 9.59 Å². The lowest BCUT2D eigenvalue weighted by molar-refractivity contribution is -0.116. The van der Waals surface area contributed by atoms with Crippen LogP contribution in [0.25, 0.3) is 11.3 Å². The molecule has 0 aliphatic rings. The molecule has 0 bridgehead atoms. The predicted octanol–water partition coefficient (Wildman–Crippen LogP) is 4.35. The number of nitrogens with one attached hydrogen (secondary N) is 2. The topological polar surface area (TPSA) is 80.3 Å². The molecule has 1 heterocycles. The first-order valence-electron chi connectivity index (χ1n) is 8.80. The Morgan fingerprint density at radius 2 is 1.82 bits per heavy atom. The number of carbonyl (C=O) groups is 2. The standard InChI is InChI=1S/C21H21N3O3S/c1-14(25)22-17-10-7-15(8-11-17)18-13-28-21(23-18)24-20(26)12-9-16-5-3-4-6-19(16)27-2/h3-8,10-11,13H,9,12H2,1-2H3,(H,22,25)(H,23,24,26). The lowest BCUT2D eigenvalue weighted by Crippen LogP contribution is -2.12. The van der Waals surface area contributed by atoms with Gasteiger partial charge < -0.3 is 15.4 Å². The molecule has 0 spiro atoms. The minimum absolute atomic E-state index is 0.0900. The predicted molar refractivity (Wildman–Crippen MR) is 112 cm³/mol. The van der Waals surface area contributed by atoms with Crippen LogP contribution < -0.4 is 15.4 Å². The van der Waals surface area contributed by atoms with Crippen molar-refractivity contribution in [1.29, 1.82) is 0 Å². The van der Waals surface area contributed by atoms with Crippen molar-refractivity contribution in [3.63, 3.8) is 0 Å². The van der Waals surface area contributed by atoms with E-state index in [1.165, 1.54) is 18.3 Å². The molecule has 2 amide bonds. The Bertz CT molecular complexity index is 967. The number of para-hydroxylation sites is 1. The van der Waals surface area contributed by atoms with Crippen LogP contribution in [0.4, 0.5) is 10.8 Å². The molecule has 3 rings (SSSR count). The number of ether oxygens (including phenoxy) is 1. The summed E-state index contributed by atoms with van der Waals surface area (Å²) in [5.74, 6) is 0.585. The second-order valence-electron chi connectivity index (χ2n) is 6.16. The number of hydrogen-bond donors (Lipinski definition) is 2. The summed E-state index contributed by atoms with van der Waals surface area (Å²) in [7, 11) is 1.62. The SMILES string of the molecule is COc1ccccc1CCC(=O)Nc1nc(-c2ccc(NC(C)=O)cc2)cs1. The average Bonchev–Trinajstić information content (AvgIpc) is 3.15. The number of amides is 2. The first kappa shape index (κ1) is 19.6. The van der Waals surface area contributed by atoms with Crippen LogP contribution in [0, 0.1) is 0 Å². The Balaban J connectivity index is 1.58. The van der Waals surface area contributed by atoms with Crippen LogP contribution >= 0.6 is 11.3 Å². The van der Waals surface area contributed by atoms with Crippen LogP contribution in [0.3, 0.4) is 0 Å². The molecule has 7 heteroatoms. The molecular weight excluding hydrogens is 374 g/mol. The molecule has 0 atom stereocenters. The van der Waals surface area contributed by atoms with Crippen molar-refractivity contribution >= 4 is 34.0 Å². The van der Waals surface area contributed by atoms with Gasteiger partial charge in [-0.05, 0) is 30.2 Å². The molecule has 0 radical (unpaired) electrons. The van der Waals surface area contributed by atoms with Gasteiger partial charge in [-0.3, -0.25) is 9.59 Å². The molecular formula is C21H21N3O3S.